The van der Waals surface area contributed by atoms with Gasteiger partial charge in [-0.3, -0.25) is 0 Å². The molecule has 0 saturated carbocycles. The summed E-state index contributed by atoms with van der Waals surface area (Å²) < 4.78 is 7.57. The number of methoxy groups -OCH3 is 1. The van der Waals surface area contributed by atoms with Gasteiger partial charge in [0, 0.05) is 42.2 Å². The Morgan fingerprint density at radius 1 is 1.04 bits per heavy atom. The number of benzene rings is 1. The molecule has 5 nitrogen and oxygen atoms in total. The first-order valence-corrected chi connectivity index (χ1v) is 9.46. The molecule has 5 heteroatoms. The smallest absolute Gasteiger partial charge is 0.213 e. The predicted octanol–water partition coefficient (Wildman–Crippen LogP) is 3.62. The Morgan fingerprint density at radius 3 is 2.56 bits per heavy atom. The molecule has 3 aromatic rings. The average Bonchev–Trinajstić information content (AvgIpc) is 3.18. The first-order valence-electron chi connectivity index (χ1n) is 9.46. The predicted molar refractivity (Wildman–Crippen MR) is 107 cm³/mol. The van der Waals surface area contributed by atoms with Crippen LogP contribution >= 0.6 is 0 Å². The molecule has 0 bridgehead atoms. The van der Waals surface area contributed by atoms with Crippen LogP contribution in [0.5, 0.6) is 5.88 Å². The van der Waals surface area contributed by atoms with Crippen LogP contribution < -0.4 is 4.74 Å². The number of ether oxygens (including phenoxy) is 1. The van der Waals surface area contributed by atoms with Gasteiger partial charge in [0.05, 0.1) is 7.11 Å². The molecule has 2 aromatic heterocycles. The van der Waals surface area contributed by atoms with Crippen molar-refractivity contribution < 1.29 is 4.74 Å². The molecule has 3 heterocycles. The summed E-state index contributed by atoms with van der Waals surface area (Å²) >= 11 is 0. The van der Waals surface area contributed by atoms with Gasteiger partial charge in [-0.25, -0.2) is 9.97 Å². The summed E-state index contributed by atoms with van der Waals surface area (Å²) in [7, 11) is 3.85. The number of piperidine rings is 1. The lowest BCUT2D eigenvalue weighted by molar-refractivity contribution is 0.170. The molecule has 1 aliphatic rings. The van der Waals surface area contributed by atoms with E-state index in [1.165, 1.54) is 5.56 Å². The van der Waals surface area contributed by atoms with Gasteiger partial charge in [-0.15, -0.1) is 0 Å². The van der Waals surface area contributed by atoms with E-state index in [1.807, 2.05) is 18.3 Å². The number of hydrogen-bond donors (Lipinski definition) is 0. The van der Waals surface area contributed by atoms with Crippen LogP contribution in [0.1, 0.15) is 18.4 Å². The van der Waals surface area contributed by atoms with Gasteiger partial charge in [0.1, 0.15) is 5.82 Å². The zero-order chi connectivity index (χ0) is 18.7. The first-order chi connectivity index (χ1) is 13.2. The molecule has 0 atom stereocenters. The van der Waals surface area contributed by atoms with Gasteiger partial charge in [0.2, 0.25) is 5.88 Å². The van der Waals surface area contributed by atoms with Gasteiger partial charge in [0.25, 0.3) is 0 Å². The maximum Gasteiger partial charge on any atom is 0.213 e. The van der Waals surface area contributed by atoms with Crippen LogP contribution in [0, 0.1) is 0 Å². The van der Waals surface area contributed by atoms with Crippen molar-refractivity contribution in [3.05, 3.63) is 66.6 Å². The fourth-order valence-electron chi connectivity index (χ4n) is 4.06. The zero-order valence-electron chi connectivity index (χ0n) is 16.0. The van der Waals surface area contributed by atoms with Crippen molar-refractivity contribution in [1.29, 1.82) is 0 Å². The normalized spacial score (nSPS) is 17.0. The van der Waals surface area contributed by atoms with Crippen LogP contribution in [0.25, 0.3) is 11.4 Å². The van der Waals surface area contributed by atoms with Crippen LogP contribution in [0.15, 0.2) is 61.1 Å². The number of hydrogen-bond acceptors (Lipinski definition) is 4. The van der Waals surface area contributed by atoms with Crippen LogP contribution in [0.2, 0.25) is 0 Å². The Balaban J connectivity index is 1.70. The van der Waals surface area contributed by atoms with E-state index in [9.17, 15) is 0 Å². The second-order valence-corrected chi connectivity index (χ2v) is 7.42. The molecule has 0 spiro atoms. The Morgan fingerprint density at radius 2 is 1.81 bits per heavy atom. The summed E-state index contributed by atoms with van der Waals surface area (Å²) in [6, 6.07) is 14.9. The van der Waals surface area contributed by atoms with Gasteiger partial charge in [-0.1, -0.05) is 30.3 Å². The van der Waals surface area contributed by atoms with E-state index in [-0.39, 0.29) is 5.41 Å². The highest BCUT2D eigenvalue weighted by Crippen LogP contribution is 2.38. The van der Waals surface area contributed by atoms with Gasteiger partial charge in [-0.2, -0.15) is 0 Å². The quantitative estimate of drug-likeness (QED) is 0.695. The fraction of sp³-hybridized carbons (Fsp3) is 0.364. The summed E-state index contributed by atoms with van der Waals surface area (Å²) in [4.78, 5) is 11.3. The molecular weight excluding hydrogens is 336 g/mol. The summed E-state index contributed by atoms with van der Waals surface area (Å²) in [5.41, 5.74) is 2.58. The van der Waals surface area contributed by atoms with Crippen molar-refractivity contribution in [3.8, 4) is 17.3 Å². The maximum absolute atomic E-state index is 5.29. The van der Waals surface area contributed by atoms with Crippen molar-refractivity contribution >= 4 is 0 Å². The number of rotatable bonds is 5. The van der Waals surface area contributed by atoms with Crippen molar-refractivity contribution in [2.24, 2.45) is 0 Å². The van der Waals surface area contributed by atoms with Gasteiger partial charge < -0.3 is 14.2 Å². The van der Waals surface area contributed by atoms with E-state index in [2.05, 4.69) is 63.0 Å². The standard InChI is InChI=1S/C22H26N4O/c1-25-13-9-22(10-14-25,19-6-4-3-5-7-19)17-26-15-12-24-21(26)18-8-11-23-20(16-18)27-2/h3-8,11-12,15-16H,9-10,13-14,17H2,1-2H3. The van der Waals surface area contributed by atoms with Crippen LogP contribution in [0.3, 0.4) is 0 Å². The van der Waals surface area contributed by atoms with E-state index in [0.29, 0.717) is 5.88 Å². The molecule has 0 unspecified atom stereocenters. The molecule has 1 aliphatic heterocycles. The average molecular weight is 362 g/mol. The highest BCUT2D eigenvalue weighted by Gasteiger charge is 2.36. The zero-order valence-corrected chi connectivity index (χ0v) is 16.0. The number of imidazole rings is 1. The highest BCUT2D eigenvalue weighted by molar-refractivity contribution is 5.56. The summed E-state index contributed by atoms with van der Waals surface area (Å²) in [5, 5.41) is 0. The SMILES string of the molecule is COc1cc(-c2nccn2CC2(c3ccccc3)CCN(C)CC2)ccn1. The Hall–Kier alpha value is -2.66. The van der Waals surface area contributed by atoms with Crippen LogP contribution in [0.4, 0.5) is 0 Å². The lowest BCUT2D eigenvalue weighted by Gasteiger charge is -2.41. The monoisotopic (exact) mass is 362 g/mol. The van der Waals surface area contributed by atoms with E-state index >= 15 is 0 Å². The van der Waals surface area contributed by atoms with E-state index in [0.717, 1.165) is 43.9 Å². The van der Waals surface area contributed by atoms with Crippen molar-refractivity contribution in [1.82, 2.24) is 19.4 Å². The largest absolute Gasteiger partial charge is 0.481 e. The minimum absolute atomic E-state index is 0.125. The molecule has 0 N–H and O–H groups in total. The topological polar surface area (TPSA) is 43.2 Å². The number of nitrogens with zero attached hydrogens (tertiary/aromatic N) is 4. The number of aromatic nitrogens is 3. The van der Waals surface area contributed by atoms with Crippen molar-refractivity contribution in [2.45, 2.75) is 24.8 Å². The van der Waals surface area contributed by atoms with Gasteiger partial charge in [-0.05, 0) is 44.6 Å². The molecule has 0 radical (unpaired) electrons. The lowest BCUT2D eigenvalue weighted by atomic mass is 9.72. The van der Waals surface area contributed by atoms with Gasteiger partial charge >= 0.3 is 0 Å². The fourth-order valence-corrected chi connectivity index (χ4v) is 4.06. The molecule has 140 valence electrons. The minimum Gasteiger partial charge on any atom is -0.481 e. The Labute approximate surface area is 160 Å². The number of pyridine rings is 1. The molecule has 27 heavy (non-hydrogen) atoms. The van der Waals surface area contributed by atoms with Crippen LogP contribution in [-0.2, 0) is 12.0 Å². The van der Waals surface area contributed by atoms with E-state index in [4.69, 9.17) is 4.74 Å². The third kappa shape index (κ3) is 3.60. The molecule has 1 aromatic carbocycles. The second kappa shape index (κ2) is 7.53. The van der Waals surface area contributed by atoms with E-state index < -0.39 is 0 Å². The molecule has 0 amide bonds. The number of likely N-dealkylation sites (tertiary alicyclic amines) is 1. The first kappa shape index (κ1) is 17.7. The Kier molecular flexibility index (Phi) is 4.94. The molecule has 4 rings (SSSR count). The molecule has 0 aliphatic carbocycles. The third-order valence-corrected chi connectivity index (χ3v) is 5.72. The van der Waals surface area contributed by atoms with Crippen molar-refractivity contribution in [3.63, 3.8) is 0 Å². The summed E-state index contributed by atoms with van der Waals surface area (Å²) in [6.07, 6.45) is 8.03. The van der Waals surface area contributed by atoms with Crippen molar-refractivity contribution in [2.75, 3.05) is 27.2 Å². The Bertz CT molecular complexity index is 882. The maximum atomic E-state index is 5.29. The minimum atomic E-state index is 0.125. The highest BCUT2D eigenvalue weighted by atomic mass is 16.5. The molecular formula is C22H26N4O. The van der Waals surface area contributed by atoms with Crippen LogP contribution in [-0.4, -0.2) is 46.7 Å². The van der Waals surface area contributed by atoms with E-state index in [1.54, 1.807) is 13.3 Å². The lowest BCUT2D eigenvalue weighted by Crippen LogP contribution is -2.43. The third-order valence-electron chi connectivity index (χ3n) is 5.72. The molecule has 1 saturated heterocycles. The summed E-state index contributed by atoms with van der Waals surface area (Å²) in [6.45, 7) is 3.15. The van der Waals surface area contributed by atoms with Gasteiger partial charge in [0.15, 0.2) is 0 Å². The second-order valence-electron chi connectivity index (χ2n) is 7.42. The molecule has 1 fully saturated rings. The summed E-state index contributed by atoms with van der Waals surface area (Å²) in [5.74, 6) is 1.57.